The molecule has 1 heterocycles. The maximum absolute atomic E-state index is 12.4. The second kappa shape index (κ2) is 15.4. The molecule has 1 aromatic heterocycles. The van der Waals surface area contributed by atoms with Crippen LogP contribution < -0.4 is 9.47 Å². The molecule has 1 atom stereocenters. The van der Waals surface area contributed by atoms with Crippen molar-refractivity contribution in [3.63, 3.8) is 0 Å². The normalized spacial score (nSPS) is 11.8. The van der Waals surface area contributed by atoms with Gasteiger partial charge in [0.15, 0.2) is 0 Å². The van der Waals surface area contributed by atoms with Gasteiger partial charge in [0.05, 0.1) is 12.8 Å². The molecule has 32 heavy (non-hydrogen) atoms. The first-order chi connectivity index (χ1) is 15.7. The van der Waals surface area contributed by atoms with Gasteiger partial charge in [-0.15, -0.1) is 0 Å². The highest BCUT2D eigenvalue weighted by Crippen LogP contribution is 2.36. The number of para-hydroxylation sites is 1. The van der Waals surface area contributed by atoms with Gasteiger partial charge in [0.1, 0.15) is 11.5 Å². The molecule has 0 aliphatic heterocycles. The topological polar surface area (TPSA) is 48.4 Å². The molecule has 0 fully saturated rings. The van der Waals surface area contributed by atoms with Crippen LogP contribution in [-0.4, -0.2) is 17.6 Å². The van der Waals surface area contributed by atoms with Gasteiger partial charge in [0.2, 0.25) is 0 Å². The summed E-state index contributed by atoms with van der Waals surface area (Å²) in [5.41, 5.74) is 1.76. The first kappa shape index (κ1) is 25.9. The van der Waals surface area contributed by atoms with E-state index in [2.05, 4.69) is 25.8 Å². The van der Waals surface area contributed by atoms with Gasteiger partial charge in [0.25, 0.3) is 0 Å². The Hall–Kier alpha value is -2.36. The molecular formula is C28H41NO3. The summed E-state index contributed by atoms with van der Waals surface area (Å²) in [5.74, 6) is 1.42. The Morgan fingerprint density at radius 3 is 2.25 bits per heavy atom. The number of unbranched alkanes of at least 4 members (excludes halogenated alkanes) is 8. The number of carbonyl (C=O) groups is 1. The lowest BCUT2D eigenvalue weighted by atomic mass is 10.0. The van der Waals surface area contributed by atoms with Crippen molar-refractivity contribution in [2.24, 2.45) is 5.92 Å². The number of esters is 1. The Morgan fingerprint density at radius 2 is 1.53 bits per heavy atom. The number of hydrogen-bond donors (Lipinski definition) is 0. The van der Waals surface area contributed by atoms with Gasteiger partial charge in [-0.2, -0.15) is 0 Å². The van der Waals surface area contributed by atoms with Gasteiger partial charge in [0, 0.05) is 23.7 Å². The highest BCUT2D eigenvalue weighted by molar-refractivity contribution is 5.80. The zero-order chi connectivity index (χ0) is 23.0. The number of nitrogens with zero attached hydrogens (tertiary/aromatic N) is 1. The summed E-state index contributed by atoms with van der Waals surface area (Å²) >= 11 is 0. The first-order valence-corrected chi connectivity index (χ1v) is 12.5. The zero-order valence-corrected chi connectivity index (χ0v) is 20.3. The van der Waals surface area contributed by atoms with E-state index in [1.165, 1.54) is 51.4 Å². The van der Waals surface area contributed by atoms with E-state index >= 15 is 0 Å². The summed E-state index contributed by atoms with van der Waals surface area (Å²) in [6, 6.07) is 9.57. The van der Waals surface area contributed by atoms with E-state index in [4.69, 9.17) is 9.47 Å². The third-order valence-corrected chi connectivity index (χ3v) is 5.90. The maximum Gasteiger partial charge on any atom is 0.311 e. The van der Waals surface area contributed by atoms with Gasteiger partial charge in [-0.05, 0) is 24.5 Å². The molecule has 0 saturated heterocycles. The van der Waals surface area contributed by atoms with Crippen molar-refractivity contribution < 1.29 is 14.3 Å². The highest BCUT2D eigenvalue weighted by Gasteiger charge is 2.15. The standard InChI is InChI=1S/C28H41NO3/c1-4-6-7-8-9-10-11-12-15-20-31-27-22-29-19-18-25(27)24-16-13-14-17-26(24)32-28(30)21-23(3)5-2/h13-14,16-19,22-23H,4-12,15,20-21H2,1-3H3. The number of aromatic nitrogens is 1. The Balaban J connectivity index is 1.88. The van der Waals surface area contributed by atoms with Crippen LogP contribution in [-0.2, 0) is 4.79 Å². The molecule has 2 aromatic rings. The van der Waals surface area contributed by atoms with Crippen molar-refractivity contribution in [2.45, 2.75) is 91.4 Å². The summed E-state index contributed by atoms with van der Waals surface area (Å²) in [6.45, 7) is 7.08. The van der Waals surface area contributed by atoms with Crippen molar-refractivity contribution in [3.8, 4) is 22.6 Å². The van der Waals surface area contributed by atoms with Gasteiger partial charge >= 0.3 is 5.97 Å². The molecule has 1 unspecified atom stereocenters. The van der Waals surface area contributed by atoms with Crippen LogP contribution >= 0.6 is 0 Å². The number of pyridine rings is 1. The molecule has 176 valence electrons. The third-order valence-electron chi connectivity index (χ3n) is 5.90. The molecule has 4 heteroatoms. The Kier molecular flexibility index (Phi) is 12.5. The molecule has 4 nitrogen and oxygen atoms in total. The molecule has 1 aromatic carbocycles. The summed E-state index contributed by atoms with van der Waals surface area (Å²) < 4.78 is 11.8. The van der Waals surface area contributed by atoms with Crippen molar-refractivity contribution in [2.75, 3.05) is 6.61 Å². The lowest BCUT2D eigenvalue weighted by Crippen LogP contribution is -2.12. The summed E-state index contributed by atoms with van der Waals surface area (Å²) in [6.07, 6.45) is 16.4. The number of benzene rings is 1. The second-order valence-corrected chi connectivity index (χ2v) is 8.74. The van der Waals surface area contributed by atoms with Gasteiger partial charge in [-0.25, -0.2) is 0 Å². The van der Waals surface area contributed by atoms with E-state index in [9.17, 15) is 4.79 Å². The first-order valence-electron chi connectivity index (χ1n) is 12.5. The number of hydrogen-bond acceptors (Lipinski definition) is 4. The number of rotatable bonds is 16. The number of ether oxygens (including phenoxy) is 2. The molecule has 0 N–H and O–H groups in total. The monoisotopic (exact) mass is 439 g/mol. The van der Waals surface area contributed by atoms with Crippen LogP contribution in [0.3, 0.4) is 0 Å². The van der Waals surface area contributed by atoms with Crippen LogP contribution in [0, 0.1) is 5.92 Å². The van der Waals surface area contributed by atoms with E-state index < -0.39 is 0 Å². The minimum Gasteiger partial charge on any atom is -0.491 e. The molecular weight excluding hydrogens is 398 g/mol. The van der Waals surface area contributed by atoms with E-state index in [-0.39, 0.29) is 5.97 Å². The lowest BCUT2D eigenvalue weighted by Gasteiger charge is -2.15. The number of carbonyl (C=O) groups excluding carboxylic acids is 1. The van der Waals surface area contributed by atoms with Crippen molar-refractivity contribution in [3.05, 3.63) is 42.7 Å². The average Bonchev–Trinajstić information content (AvgIpc) is 2.81. The Bertz CT molecular complexity index is 790. The Morgan fingerprint density at radius 1 is 0.875 bits per heavy atom. The van der Waals surface area contributed by atoms with E-state index in [0.29, 0.717) is 24.7 Å². The second-order valence-electron chi connectivity index (χ2n) is 8.74. The minimum atomic E-state index is -0.196. The van der Waals surface area contributed by atoms with Crippen LogP contribution in [0.5, 0.6) is 11.5 Å². The van der Waals surface area contributed by atoms with E-state index in [1.54, 1.807) is 12.4 Å². The van der Waals surface area contributed by atoms with Gasteiger partial charge in [-0.3, -0.25) is 9.78 Å². The van der Waals surface area contributed by atoms with Gasteiger partial charge < -0.3 is 9.47 Å². The molecule has 0 aliphatic rings. The third kappa shape index (κ3) is 9.42. The van der Waals surface area contributed by atoms with Gasteiger partial charge in [-0.1, -0.05) is 96.8 Å². The molecule has 0 amide bonds. The van der Waals surface area contributed by atoms with Crippen molar-refractivity contribution in [1.82, 2.24) is 4.98 Å². The molecule has 2 rings (SSSR count). The zero-order valence-electron chi connectivity index (χ0n) is 20.3. The molecule has 0 bridgehead atoms. The van der Waals surface area contributed by atoms with Crippen LogP contribution in [0.2, 0.25) is 0 Å². The average molecular weight is 440 g/mol. The van der Waals surface area contributed by atoms with Crippen LogP contribution in [0.15, 0.2) is 42.7 Å². The fraction of sp³-hybridized carbons (Fsp3) is 0.571. The van der Waals surface area contributed by atoms with E-state index in [1.807, 2.05) is 30.3 Å². The summed E-state index contributed by atoms with van der Waals surface area (Å²) in [7, 11) is 0. The van der Waals surface area contributed by atoms with Crippen molar-refractivity contribution in [1.29, 1.82) is 0 Å². The fourth-order valence-corrected chi connectivity index (χ4v) is 3.68. The molecule has 0 radical (unpaired) electrons. The maximum atomic E-state index is 12.4. The predicted molar refractivity (Wildman–Crippen MR) is 132 cm³/mol. The van der Waals surface area contributed by atoms with Crippen LogP contribution in [0.4, 0.5) is 0 Å². The van der Waals surface area contributed by atoms with Crippen molar-refractivity contribution >= 4 is 5.97 Å². The smallest absolute Gasteiger partial charge is 0.311 e. The Labute approximate surface area is 194 Å². The van der Waals surface area contributed by atoms with Crippen LogP contribution in [0.1, 0.15) is 91.4 Å². The lowest BCUT2D eigenvalue weighted by molar-refractivity contribution is -0.135. The van der Waals surface area contributed by atoms with E-state index in [0.717, 1.165) is 29.7 Å². The molecule has 0 aliphatic carbocycles. The minimum absolute atomic E-state index is 0.196. The predicted octanol–water partition coefficient (Wildman–Crippen LogP) is 8.00. The summed E-state index contributed by atoms with van der Waals surface area (Å²) in [4.78, 5) is 16.6. The molecule has 0 saturated carbocycles. The summed E-state index contributed by atoms with van der Waals surface area (Å²) in [5, 5.41) is 0. The highest BCUT2D eigenvalue weighted by atomic mass is 16.5. The quantitative estimate of drug-likeness (QED) is 0.151. The largest absolute Gasteiger partial charge is 0.491 e. The molecule has 0 spiro atoms. The van der Waals surface area contributed by atoms with Crippen LogP contribution in [0.25, 0.3) is 11.1 Å². The SMILES string of the molecule is CCCCCCCCCCCOc1cnccc1-c1ccccc1OC(=O)CC(C)CC. The fourth-order valence-electron chi connectivity index (χ4n) is 3.68.